The zero-order chi connectivity index (χ0) is 20.8. The van der Waals surface area contributed by atoms with Crippen LogP contribution >= 0.6 is 0 Å². The maximum atomic E-state index is 12.6. The number of benzene rings is 2. The van der Waals surface area contributed by atoms with Crippen LogP contribution < -0.4 is 20.1 Å². The Morgan fingerprint density at radius 1 is 0.897 bits per heavy atom. The first-order chi connectivity index (χ1) is 14.0. The summed E-state index contributed by atoms with van der Waals surface area (Å²) < 4.78 is 10.4. The number of rotatable bonds is 7. The summed E-state index contributed by atoms with van der Waals surface area (Å²) in [6.07, 6.45) is 1.49. The summed E-state index contributed by atoms with van der Waals surface area (Å²) >= 11 is 0. The van der Waals surface area contributed by atoms with Crippen LogP contribution in [0.25, 0.3) is 0 Å². The number of aromatic nitrogens is 2. The molecule has 0 aliphatic heterocycles. The molecule has 0 aliphatic carbocycles. The highest BCUT2D eigenvalue weighted by molar-refractivity contribution is 6.03. The highest BCUT2D eigenvalue weighted by Gasteiger charge is 2.12. The quantitative estimate of drug-likeness (QED) is 0.591. The molecule has 0 unspecified atom stereocenters. The number of ketones is 1. The van der Waals surface area contributed by atoms with Crippen molar-refractivity contribution in [2.24, 2.45) is 0 Å². The average Bonchev–Trinajstić information content (AvgIpc) is 2.74. The van der Waals surface area contributed by atoms with Gasteiger partial charge in [-0.3, -0.25) is 9.59 Å². The second kappa shape index (κ2) is 8.83. The van der Waals surface area contributed by atoms with Crippen molar-refractivity contribution in [1.29, 1.82) is 0 Å². The fourth-order valence-electron chi connectivity index (χ4n) is 2.57. The Morgan fingerprint density at radius 3 is 2.24 bits per heavy atom. The molecule has 0 saturated carbocycles. The van der Waals surface area contributed by atoms with Gasteiger partial charge in [-0.05, 0) is 49.4 Å². The second-order valence-electron chi connectivity index (χ2n) is 6.05. The Morgan fingerprint density at radius 2 is 1.59 bits per heavy atom. The molecule has 0 saturated heterocycles. The van der Waals surface area contributed by atoms with Crippen LogP contribution in [0.3, 0.4) is 0 Å². The van der Waals surface area contributed by atoms with E-state index in [1.54, 1.807) is 49.6 Å². The molecule has 148 valence electrons. The van der Waals surface area contributed by atoms with E-state index in [0.29, 0.717) is 28.4 Å². The minimum Gasteiger partial charge on any atom is -0.493 e. The summed E-state index contributed by atoms with van der Waals surface area (Å²) in [5.41, 5.74) is 2.05. The monoisotopic (exact) mass is 392 g/mol. The molecule has 8 heteroatoms. The smallest absolute Gasteiger partial charge is 0.274 e. The van der Waals surface area contributed by atoms with Crippen molar-refractivity contribution < 1.29 is 19.1 Å². The number of hydrogen-bond donors (Lipinski definition) is 2. The lowest BCUT2D eigenvalue weighted by molar-refractivity contribution is 0.101. The van der Waals surface area contributed by atoms with Crippen molar-refractivity contribution in [2.75, 3.05) is 24.9 Å². The lowest BCUT2D eigenvalue weighted by Crippen LogP contribution is -2.15. The Bertz CT molecular complexity index is 1040. The van der Waals surface area contributed by atoms with E-state index < -0.39 is 5.91 Å². The number of amides is 1. The van der Waals surface area contributed by atoms with Crippen LogP contribution in [0.5, 0.6) is 11.5 Å². The van der Waals surface area contributed by atoms with Crippen molar-refractivity contribution in [1.82, 2.24) is 9.97 Å². The third-order valence-electron chi connectivity index (χ3n) is 4.08. The van der Waals surface area contributed by atoms with Crippen molar-refractivity contribution in [3.05, 3.63) is 66.0 Å². The molecule has 0 spiro atoms. The second-order valence-corrected chi connectivity index (χ2v) is 6.05. The van der Waals surface area contributed by atoms with Gasteiger partial charge in [0, 0.05) is 29.2 Å². The fraction of sp³-hybridized carbons (Fsp3) is 0.143. The SMILES string of the molecule is COc1ccc(NC(=O)c2ccnc(Nc3ccc(C(C)=O)cc3)n2)cc1OC. The molecule has 0 aliphatic rings. The van der Waals surface area contributed by atoms with Crippen molar-refractivity contribution in [3.8, 4) is 11.5 Å². The van der Waals surface area contributed by atoms with Gasteiger partial charge in [0.25, 0.3) is 5.91 Å². The molecular formula is C21H20N4O4. The Hall–Kier alpha value is -3.94. The number of anilines is 3. The topological polar surface area (TPSA) is 102 Å². The lowest BCUT2D eigenvalue weighted by Gasteiger charge is -2.11. The molecule has 3 aromatic rings. The number of carbonyl (C=O) groups is 2. The van der Waals surface area contributed by atoms with Crippen molar-refractivity contribution >= 4 is 29.0 Å². The normalized spacial score (nSPS) is 10.2. The number of ether oxygens (including phenoxy) is 2. The summed E-state index contributed by atoms with van der Waals surface area (Å²) in [5, 5.41) is 5.78. The van der Waals surface area contributed by atoms with E-state index in [9.17, 15) is 9.59 Å². The van der Waals surface area contributed by atoms with Gasteiger partial charge < -0.3 is 20.1 Å². The predicted octanol–water partition coefficient (Wildman–Crippen LogP) is 3.69. The average molecular weight is 392 g/mol. The molecule has 3 rings (SSSR count). The van der Waals surface area contributed by atoms with Gasteiger partial charge >= 0.3 is 0 Å². The minimum atomic E-state index is -0.394. The molecule has 1 heterocycles. The molecule has 0 bridgehead atoms. The maximum Gasteiger partial charge on any atom is 0.274 e. The molecule has 0 atom stereocenters. The molecule has 0 radical (unpaired) electrons. The summed E-state index contributed by atoms with van der Waals surface area (Å²) in [6.45, 7) is 1.51. The number of nitrogens with one attached hydrogen (secondary N) is 2. The molecule has 2 N–H and O–H groups in total. The molecule has 1 aromatic heterocycles. The molecule has 2 aromatic carbocycles. The number of nitrogens with zero attached hydrogens (tertiary/aromatic N) is 2. The van der Waals surface area contributed by atoms with Crippen LogP contribution in [0.15, 0.2) is 54.7 Å². The van der Waals surface area contributed by atoms with E-state index >= 15 is 0 Å². The van der Waals surface area contributed by atoms with E-state index in [4.69, 9.17) is 9.47 Å². The predicted molar refractivity (Wildman–Crippen MR) is 109 cm³/mol. The van der Waals surface area contributed by atoms with Crippen LogP contribution in [-0.4, -0.2) is 35.9 Å². The van der Waals surface area contributed by atoms with E-state index in [0.717, 1.165) is 0 Å². The van der Waals surface area contributed by atoms with Gasteiger partial charge in [0.05, 0.1) is 14.2 Å². The first kappa shape index (κ1) is 19.8. The van der Waals surface area contributed by atoms with E-state index in [1.165, 1.54) is 26.3 Å². The highest BCUT2D eigenvalue weighted by atomic mass is 16.5. The largest absolute Gasteiger partial charge is 0.493 e. The van der Waals surface area contributed by atoms with Gasteiger partial charge in [-0.1, -0.05) is 0 Å². The third kappa shape index (κ3) is 4.86. The first-order valence-electron chi connectivity index (χ1n) is 8.74. The van der Waals surface area contributed by atoms with Crippen molar-refractivity contribution in [3.63, 3.8) is 0 Å². The van der Waals surface area contributed by atoms with Crippen LogP contribution in [0.1, 0.15) is 27.8 Å². The summed E-state index contributed by atoms with van der Waals surface area (Å²) in [7, 11) is 3.06. The van der Waals surface area contributed by atoms with Crippen LogP contribution in [0, 0.1) is 0 Å². The van der Waals surface area contributed by atoms with E-state index in [-0.39, 0.29) is 17.4 Å². The van der Waals surface area contributed by atoms with Crippen LogP contribution in [0.4, 0.5) is 17.3 Å². The highest BCUT2D eigenvalue weighted by Crippen LogP contribution is 2.29. The zero-order valence-corrected chi connectivity index (χ0v) is 16.2. The van der Waals surface area contributed by atoms with E-state index in [1.807, 2.05) is 0 Å². The molecule has 0 fully saturated rings. The van der Waals surface area contributed by atoms with Crippen LogP contribution in [-0.2, 0) is 0 Å². The Kier molecular flexibility index (Phi) is 6.03. The number of hydrogen-bond acceptors (Lipinski definition) is 7. The maximum absolute atomic E-state index is 12.6. The summed E-state index contributed by atoms with van der Waals surface area (Å²) in [4.78, 5) is 32.3. The summed E-state index contributed by atoms with van der Waals surface area (Å²) in [6, 6.07) is 13.5. The number of carbonyl (C=O) groups excluding carboxylic acids is 2. The van der Waals surface area contributed by atoms with Gasteiger partial charge in [0.2, 0.25) is 5.95 Å². The first-order valence-corrected chi connectivity index (χ1v) is 8.74. The molecular weight excluding hydrogens is 372 g/mol. The molecule has 1 amide bonds. The number of Topliss-reactive ketones (excluding diaryl/α,β-unsaturated/α-hetero) is 1. The van der Waals surface area contributed by atoms with Gasteiger partial charge in [0.1, 0.15) is 5.69 Å². The third-order valence-corrected chi connectivity index (χ3v) is 4.08. The lowest BCUT2D eigenvalue weighted by atomic mass is 10.1. The Labute approximate surface area is 167 Å². The molecule has 29 heavy (non-hydrogen) atoms. The summed E-state index contributed by atoms with van der Waals surface area (Å²) in [5.74, 6) is 0.927. The standard InChI is InChI=1S/C21H20N4O4/c1-13(26)14-4-6-15(7-5-14)24-21-22-11-10-17(25-21)20(27)23-16-8-9-18(28-2)19(12-16)29-3/h4-12H,1-3H3,(H,23,27)(H,22,24,25). The van der Waals surface area contributed by atoms with Crippen molar-refractivity contribution in [2.45, 2.75) is 6.92 Å². The van der Waals surface area contributed by atoms with E-state index in [2.05, 4.69) is 20.6 Å². The minimum absolute atomic E-state index is 0.0124. The van der Waals surface area contributed by atoms with Gasteiger partial charge in [-0.15, -0.1) is 0 Å². The van der Waals surface area contributed by atoms with Crippen LogP contribution in [0.2, 0.25) is 0 Å². The van der Waals surface area contributed by atoms with Gasteiger partial charge in [-0.2, -0.15) is 0 Å². The zero-order valence-electron chi connectivity index (χ0n) is 16.2. The fourth-order valence-corrected chi connectivity index (χ4v) is 2.57. The Balaban J connectivity index is 1.73. The van der Waals surface area contributed by atoms with Gasteiger partial charge in [-0.25, -0.2) is 9.97 Å². The number of methoxy groups -OCH3 is 2. The molecule has 8 nitrogen and oxygen atoms in total. The van der Waals surface area contributed by atoms with Gasteiger partial charge in [0.15, 0.2) is 17.3 Å².